The predicted octanol–water partition coefficient (Wildman–Crippen LogP) is 5.61. The number of halogens is 1. The smallest absolute Gasteiger partial charge is 0.415 e. The van der Waals surface area contributed by atoms with Gasteiger partial charge < -0.3 is 14.7 Å². The molecular formula is C28H31FN2O5. The number of para-hydroxylation sites is 1. The molecule has 3 unspecified atom stereocenters. The standard InChI is InChI=1S/C28H31FN2O5/c1-17(18-9-11-19(29)12-10-18)36-28(35)31-23-7-3-2-5-21(23)27(22-6-4-8-24(22)31)30(20-13-14-20)25(32)15-16-26(33)34/h2-3,5,7,9-12,17,20,22,24,27H,4,6,8,13-16H2,1H3,(H,33,34)/t17-,22?,24?,27?/m0/s1. The summed E-state index contributed by atoms with van der Waals surface area (Å²) >= 11 is 0. The van der Waals surface area contributed by atoms with Crippen molar-refractivity contribution in [1.82, 2.24) is 4.90 Å². The van der Waals surface area contributed by atoms with Crippen LogP contribution < -0.4 is 4.90 Å². The quantitative estimate of drug-likeness (QED) is 0.541. The van der Waals surface area contributed by atoms with Gasteiger partial charge in [0.25, 0.3) is 0 Å². The Morgan fingerprint density at radius 2 is 1.78 bits per heavy atom. The molecule has 36 heavy (non-hydrogen) atoms. The van der Waals surface area contributed by atoms with Crippen molar-refractivity contribution in [1.29, 1.82) is 0 Å². The van der Waals surface area contributed by atoms with Crippen LogP contribution in [0.15, 0.2) is 48.5 Å². The lowest BCUT2D eigenvalue weighted by atomic mass is 9.81. The third-order valence-corrected chi connectivity index (χ3v) is 7.68. The molecule has 1 N–H and O–H groups in total. The summed E-state index contributed by atoms with van der Waals surface area (Å²) in [5.74, 6) is -1.42. The monoisotopic (exact) mass is 494 g/mol. The minimum Gasteiger partial charge on any atom is -0.481 e. The van der Waals surface area contributed by atoms with E-state index >= 15 is 0 Å². The van der Waals surface area contributed by atoms with Gasteiger partial charge in [0.2, 0.25) is 5.91 Å². The average molecular weight is 495 g/mol. The van der Waals surface area contributed by atoms with E-state index in [0.717, 1.165) is 43.4 Å². The summed E-state index contributed by atoms with van der Waals surface area (Å²) < 4.78 is 19.2. The van der Waals surface area contributed by atoms with E-state index in [2.05, 4.69) is 0 Å². The molecule has 3 aliphatic rings. The molecule has 1 aliphatic heterocycles. The maximum atomic E-state index is 13.6. The average Bonchev–Trinajstić information content (AvgIpc) is 3.58. The van der Waals surface area contributed by atoms with E-state index in [4.69, 9.17) is 9.84 Å². The number of carboxylic acids is 1. The molecule has 0 bridgehead atoms. The number of amides is 2. The van der Waals surface area contributed by atoms with E-state index in [1.807, 2.05) is 29.2 Å². The summed E-state index contributed by atoms with van der Waals surface area (Å²) in [6, 6.07) is 13.4. The van der Waals surface area contributed by atoms with Gasteiger partial charge in [-0.1, -0.05) is 36.8 Å². The number of hydrogen-bond donors (Lipinski definition) is 1. The summed E-state index contributed by atoms with van der Waals surface area (Å²) in [6.07, 6.45) is 3.21. The second-order valence-corrected chi connectivity index (χ2v) is 10.0. The minimum absolute atomic E-state index is 0.0250. The van der Waals surface area contributed by atoms with E-state index < -0.39 is 18.2 Å². The van der Waals surface area contributed by atoms with E-state index in [1.54, 1.807) is 24.0 Å². The first-order valence-corrected chi connectivity index (χ1v) is 12.7. The van der Waals surface area contributed by atoms with Crippen molar-refractivity contribution in [2.75, 3.05) is 4.90 Å². The summed E-state index contributed by atoms with van der Waals surface area (Å²) in [6.45, 7) is 1.77. The van der Waals surface area contributed by atoms with Gasteiger partial charge in [0.1, 0.15) is 11.9 Å². The SMILES string of the molecule is C[C@H](OC(=O)N1c2ccccc2C(N(C(=O)CCC(=O)O)C2CC2)C2CCCC21)c1ccc(F)cc1. The molecule has 2 aromatic carbocycles. The Morgan fingerprint density at radius 3 is 2.47 bits per heavy atom. The number of hydrogen-bond acceptors (Lipinski definition) is 4. The summed E-state index contributed by atoms with van der Waals surface area (Å²) in [5.41, 5.74) is 2.35. The minimum atomic E-state index is -0.980. The van der Waals surface area contributed by atoms with Crippen LogP contribution in [0.25, 0.3) is 0 Å². The fourth-order valence-corrected chi connectivity index (χ4v) is 5.91. The fraction of sp³-hybridized carbons (Fsp3) is 0.464. The number of fused-ring (bicyclic) bond motifs is 2. The van der Waals surface area contributed by atoms with Crippen LogP contribution in [0.1, 0.15) is 75.1 Å². The molecule has 2 amide bonds. The fourth-order valence-electron chi connectivity index (χ4n) is 5.91. The Morgan fingerprint density at radius 1 is 1.06 bits per heavy atom. The van der Waals surface area contributed by atoms with Crippen molar-refractivity contribution in [2.24, 2.45) is 5.92 Å². The van der Waals surface area contributed by atoms with E-state index in [9.17, 15) is 18.8 Å². The molecule has 0 spiro atoms. The number of carbonyl (C=O) groups excluding carboxylic acids is 2. The van der Waals surface area contributed by atoms with Crippen LogP contribution in [0.5, 0.6) is 0 Å². The van der Waals surface area contributed by atoms with Crippen molar-refractivity contribution >= 4 is 23.7 Å². The molecule has 0 radical (unpaired) electrons. The molecule has 190 valence electrons. The largest absolute Gasteiger partial charge is 0.481 e. The molecule has 0 aromatic heterocycles. The van der Waals surface area contributed by atoms with Gasteiger partial charge in [-0.05, 0) is 61.9 Å². The van der Waals surface area contributed by atoms with Crippen molar-refractivity contribution in [3.05, 3.63) is 65.5 Å². The van der Waals surface area contributed by atoms with Gasteiger partial charge in [-0.3, -0.25) is 14.5 Å². The first kappa shape index (κ1) is 24.3. The van der Waals surface area contributed by atoms with Crippen LogP contribution in [0.2, 0.25) is 0 Å². The zero-order chi connectivity index (χ0) is 25.4. The number of nitrogens with zero attached hydrogens (tertiary/aromatic N) is 2. The van der Waals surface area contributed by atoms with Gasteiger partial charge in [-0.2, -0.15) is 0 Å². The second-order valence-electron chi connectivity index (χ2n) is 10.0. The van der Waals surface area contributed by atoms with Crippen LogP contribution in [0, 0.1) is 11.7 Å². The number of aliphatic carboxylic acids is 1. The Balaban J connectivity index is 1.46. The molecule has 1 heterocycles. The lowest BCUT2D eigenvalue weighted by molar-refractivity contribution is -0.142. The van der Waals surface area contributed by atoms with Crippen molar-refractivity contribution in [2.45, 2.75) is 76.1 Å². The van der Waals surface area contributed by atoms with E-state index in [0.29, 0.717) is 5.56 Å². The molecule has 0 saturated heterocycles. The topological polar surface area (TPSA) is 87.2 Å². The number of carboxylic acid groups (broad SMARTS) is 1. The maximum absolute atomic E-state index is 13.6. The normalized spacial score (nSPS) is 23.4. The van der Waals surface area contributed by atoms with Crippen molar-refractivity contribution < 1.29 is 28.6 Å². The van der Waals surface area contributed by atoms with Crippen LogP contribution >= 0.6 is 0 Å². The first-order valence-electron chi connectivity index (χ1n) is 12.7. The zero-order valence-electron chi connectivity index (χ0n) is 20.3. The molecule has 2 saturated carbocycles. The summed E-state index contributed by atoms with van der Waals surface area (Å²) in [7, 11) is 0. The van der Waals surface area contributed by atoms with Crippen LogP contribution in [-0.4, -0.2) is 40.1 Å². The van der Waals surface area contributed by atoms with E-state index in [1.165, 1.54) is 12.1 Å². The Hall–Kier alpha value is -3.42. The number of rotatable bonds is 7. The Kier molecular flexibility index (Phi) is 6.69. The number of carbonyl (C=O) groups is 3. The summed E-state index contributed by atoms with van der Waals surface area (Å²) in [5, 5.41) is 9.13. The molecular weight excluding hydrogens is 463 g/mol. The molecule has 5 rings (SSSR count). The molecule has 4 atom stereocenters. The second kappa shape index (κ2) is 9.91. The third kappa shape index (κ3) is 4.68. The molecule has 2 fully saturated rings. The Labute approximate surface area is 209 Å². The highest BCUT2D eigenvalue weighted by Gasteiger charge is 2.51. The maximum Gasteiger partial charge on any atom is 0.415 e. The Bertz CT molecular complexity index is 1150. The lowest BCUT2D eigenvalue weighted by Crippen LogP contribution is -2.53. The van der Waals surface area contributed by atoms with Gasteiger partial charge in [0.05, 0.1) is 18.2 Å². The van der Waals surface area contributed by atoms with Gasteiger partial charge >= 0.3 is 12.1 Å². The first-order chi connectivity index (χ1) is 17.3. The highest BCUT2D eigenvalue weighted by atomic mass is 19.1. The highest BCUT2D eigenvalue weighted by Crippen LogP contribution is 2.52. The van der Waals surface area contributed by atoms with Crippen molar-refractivity contribution in [3.8, 4) is 0 Å². The molecule has 7 nitrogen and oxygen atoms in total. The molecule has 2 aromatic rings. The van der Waals surface area contributed by atoms with Crippen LogP contribution in [-0.2, 0) is 14.3 Å². The van der Waals surface area contributed by atoms with Gasteiger partial charge in [-0.15, -0.1) is 0 Å². The van der Waals surface area contributed by atoms with Gasteiger partial charge in [0.15, 0.2) is 0 Å². The molecule has 8 heteroatoms. The van der Waals surface area contributed by atoms with Gasteiger partial charge in [0, 0.05) is 24.4 Å². The van der Waals surface area contributed by atoms with Crippen molar-refractivity contribution in [3.63, 3.8) is 0 Å². The predicted molar refractivity (Wildman–Crippen MR) is 131 cm³/mol. The number of benzene rings is 2. The summed E-state index contributed by atoms with van der Waals surface area (Å²) in [4.78, 5) is 41.7. The highest BCUT2D eigenvalue weighted by molar-refractivity contribution is 5.91. The van der Waals surface area contributed by atoms with Crippen LogP contribution in [0.4, 0.5) is 14.9 Å². The third-order valence-electron chi connectivity index (χ3n) is 7.68. The van der Waals surface area contributed by atoms with Gasteiger partial charge in [-0.25, -0.2) is 9.18 Å². The molecule has 2 aliphatic carbocycles. The zero-order valence-corrected chi connectivity index (χ0v) is 20.3. The number of ether oxygens (including phenoxy) is 1. The lowest BCUT2D eigenvalue weighted by Gasteiger charge is -2.47. The van der Waals surface area contributed by atoms with E-state index in [-0.39, 0.29) is 48.6 Å². The van der Waals surface area contributed by atoms with Crippen LogP contribution in [0.3, 0.4) is 0 Å². The number of anilines is 1.